The van der Waals surface area contributed by atoms with E-state index in [9.17, 15) is 14.0 Å². The number of aromatic nitrogens is 4. The number of nitrogens with one attached hydrogen (secondary N) is 1. The number of ketones is 1. The quantitative estimate of drug-likeness (QED) is 0.357. The van der Waals surface area contributed by atoms with Gasteiger partial charge in [0, 0.05) is 48.0 Å². The number of imidazole rings is 1. The van der Waals surface area contributed by atoms with Crippen molar-refractivity contribution in [2.24, 2.45) is 7.05 Å². The standard InChI is InChI=1S/C25H22FN5O2/c1-16-22(17(2)31(29-16)21-10-6-19(26)7-11-21)12-13-23(32)28-20-8-4-18(5-9-20)24(33)25-27-14-15-30(25)3/h4-15H,1-3H3,(H,28,32)/b13-12+. The summed E-state index contributed by atoms with van der Waals surface area (Å²) in [6.45, 7) is 3.74. The lowest BCUT2D eigenvalue weighted by Crippen LogP contribution is -2.10. The van der Waals surface area contributed by atoms with Crippen LogP contribution in [0.3, 0.4) is 0 Å². The molecule has 4 rings (SSSR count). The number of hydrogen-bond acceptors (Lipinski definition) is 4. The Morgan fingerprint density at radius 1 is 1.03 bits per heavy atom. The van der Waals surface area contributed by atoms with E-state index in [0.717, 1.165) is 22.6 Å². The highest BCUT2D eigenvalue weighted by Crippen LogP contribution is 2.20. The SMILES string of the molecule is Cc1nn(-c2ccc(F)cc2)c(C)c1/C=C/C(=O)Nc1ccc(C(=O)c2nccn2C)cc1. The van der Waals surface area contributed by atoms with Crippen LogP contribution < -0.4 is 5.32 Å². The molecule has 33 heavy (non-hydrogen) atoms. The maximum Gasteiger partial charge on any atom is 0.248 e. The summed E-state index contributed by atoms with van der Waals surface area (Å²) in [5.41, 5.74) is 4.18. The van der Waals surface area contributed by atoms with Crippen molar-refractivity contribution in [1.29, 1.82) is 0 Å². The van der Waals surface area contributed by atoms with Crippen molar-refractivity contribution in [3.8, 4) is 5.69 Å². The number of amides is 1. The molecule has 4 aromatic rings. The summed E-state index contributed by atoms with van der Waals surface area (Å²) in [7, 11) is 1.76. The number of carbonyl (C=O) groups excluding carboxylic acids is 2. The zero-order chi connectivity index (χ0) is 23.5. The molecule has 0 spiro atoms. The molecule has 1 amide bonds. The van der Waals surface area contributed by atoms with E-state index >= 15 is 0 Å². The van der Waals surface area contributed by atoms with Crippen molar-refractivity contribution in [3.63, 3.8) is 0 Å². The Morgan fingerprint density at radius 2 is 1.73 bits per heavy atom. The summed E-state index contributed by atoms with van der Waals surface area (Å²) in [5, 5.41) is 7.28. The number of carbonyl (C=O) groups is 2. The lowest BCUT2D eigenvalue weighted by atomic mass is 10.1. The molecule has 0 aliphatic heterocycles. The van der Waals surface area contributed by atoms with Gasteiger partial charge in [0.25, 0.3) is 0 Å². The third-order valence-electron chi connectivity index (χ3n) is 5.26. The zero-order valence-corrected chi connectivity index (χ0v) is 18.4. The van der Waals surface area contributed by atoms with E-state index in [0.29, 0.717) is 17.1 Å². The summed E-state index contributed by atoms with van der Waals surface area (Å²) >= 11 is 0. The van der Waals surface area contributed by atoms with E-state index < -0.39 is 0 Å². The Bertz CT molecular complexity index is 1350. The molecule has 0 saturated heterocycles. The molecule has 2 heterocycles. The summed E-state index contributed by atoms with van der Waals surface area (Å²) < 4.78 is 16.6. The smallest absolute Gasteiger partial charge is 0.248 e. The number of hydrogen-bond donors (Lipinski definition) is 1. The van der Waals surface area contributed by atoms with E-state index in [4.69, 9.17) is 0 Å². The Kier molecular flexibility index (Phi) is 5.99. The van der Waals surface area contributed by atoms with E-state index in [2.05, 4.69) is 15.4 Å². The third-order valence-corrected chi connectivity index (χ3v) is 5.26. The minimum absolute atomic E-state index is 0.190. The average molecular weight is 443 g/mol. The fourth-order valence-corrected chi connectivity index (χ4v) is 3.49. The highest BCUT2D eigenvalue weighted by atomic mass is 19.1. The summed E-state index contributed by atoms with van der Waals surface area (Å²) in [5.74, 6) is -0.469. The highest BCUT2D eigenvalue weighted by Gasteiger charge is 2.14. The van der Waals surface area contributed by atoms with Crippen LogP contribution in [0.2, 0.25) is 0 Å². The van der Waals surface area contributed by atoms with Crippen LogP contribution in [-0.2, 0) is 11.8 Å². The van der Waals surface area contributed by atoms with Gasteiger partial charge in [-0.3, -0.25) is 9.59 Å². The summed E-state index contributed by atoms with van der Waals surface area (Å²) in [6, 6.07) is 12.7. The Hall–Kier alpha value is -4.33. The van der Waals surface area contributed by atoms with Gasteiger partial charge in [-0.1, -0.05) is 0 Å². The topological polar surface area (TPSA) is 81.8 Å². The molecule has 1 N–H and O–H groups in total. The molecule has 8 heteroatoms. The van der Waals surface area contributed by atoms with E-state index in [1.54, 1.807) is 71.2 Å². The first-order valence-electron chi connectivity index (χ1n) is 10.3. The Morgan fingerprint density at radius 3 is 2.36 bits per heavy atom. The van der Waals surface area contributed by atoms with Gasteiger partial charge in [0.05, 0.1) is 11.4 Å². The Balaban J connectivity index is 1.45. The van der Waals surface area contributed by atoms with E-state index in [1.807, 2.05) is 13.8 Å². The molecular weight excluding hydrogens is 421 g/mol. The maximum absolute atomic E-state index is 13.2. The number of anilines is 1. The lowest BCUT2D eigenvalue weighted by Gasteiger charge is -2.05. The second-order valence-corrected chi connectivity index (χ2v) is 7.56. The molecule has 166 valence electrons. The maximum atomic E-state index is 13.2. The normalized spacial score (nSPS) is 11.2. The molecule has 0 aliphatic carbocycles. The molecule has 0 atom stereocenters. The highest BCUT2D eigenvalue weighted by molar-refractivity contribution is 6.07. The minimum atomic E-state index is -0.314. The van der Waals surface area contributed by atoms with E-state index in [-0.39, 0.29) is 17.5 Å². The molecule has 0 unspecified atom stereocenters. The molecule has 0 radical (unpaired) electrons. The van der Waals surface area contributed by atoms with Gasteiger partial charge >= 0.3 is 0 Å². The van der Waals surface area contributed by atoms with Crippen LogP contribution in [0.1, 0.15) is 33.1 Å². The van der Waals surface area contributed by atoms with Crippen molar-refractivity contribution in [2.45, 2.75) is 13.8 Å². The van der Waals surface area contributed by atoms with Crippen molar-refractivity contribution >= 4 is 23.5 Å². The van der Waals surface area contributed by atoms with Crippen LogP contribution in [0.4, 0.5) is 10.1 Å². The zero-order valence-electron chi connectivity index (χ0n) is 18.4. The summed E-state index contributed by atoms with van der Waals surface area (Å²) in [6.07, 6.45) is 6.41. The molecule has 0 saturated carbocycles. The number of nitrogens with zero attached hydrogens (tertiary/aromatic N) is 4. The first kappa shape index (κ1) is 21.9. The average Bonchev–Trinajstić information content (AvgIpc) is 3.35. The van der Waals surface area contributed by atoms with Gasteiger partial charge in [-0.2, -0.15) is 5.10 Å². The van der Waals surface area contributed by atoms with E-state index in [1.165, 1.54) is 18.2 Å². The van der Waals surface area contributed by atoms with Gasteiger partial charge in [0.2, 0.25) is 11.7 Å². The molecule has 0 fully saturated rings. The van der Waals surface area contributed by atoms with Crippen molar-refractivity contribution in [2.75, 3.05) is 5.32 Å². The molecule has 2 aromatic heterocycles. The fraction of sp³-hybridized carbons (Fsp3) is 0.120. The fourth-order valence-electron chi connectivity index (χ4n) is 3.49. The van der Waals surface area contributed by atoms with Crippen molar-refractivity contribution in [3.05, 3.63) is 101 Å². The number of rotatable bonds is 6. The van der Waals surface area contributed by atoms with Gasteiger partial charge in [-0.05, 0) is 68.5 Å². The van der Waals surface area contributed by atoms with Crippen LogP contribution in [-0.4, -0.2) is 31.0 Å². The predicted molar refractivity (Wildman–Crippen MR) is 124 cm³/mol. The van der Waals surface area contributed by atoms with Crippen molar-refractivity contribution < 1.29 is 14.0 Å². The molecular formula is C25H22FN5O2. The first-order chi connectivity index (χ1) is 15.8. The first-order valence-corrected chi connectivity index (χ1v) is 10.3. The van der Waals surface area contributed by atoms with Crippen LogP contribution >= 0.6 is 0 Å². The Labute approximate surface area is 190 Å². The third kappa shape index (κ3) is 4.64. The monoisotopic (exact) mass is 443 g/mol. The summed E-state index contributed by atoms with van der Waals surface area (Å²) in [4.78, 5) is 29.0. The van der Waals surface area contributed by atoms with Crippen molar-refractivity contribution in [1.82, 2.24) is 19.3 Å². The number of benzene rings is 2. The van der Waals surface area contributed by atoms with Gasteiger partial charge in [-0.25, -0.2) is 14.1 Å². The van der Waals surface area contributed by atoms with Gasteiger partial charge in [0.1, 0.15) is 5.82 Å². The number of aryl methyl sites for hydroxylation is 2. The lowest BCUT2D eigenvalue weighted by molar-refractivity contribution is -0.111. The predicted octanol–water partition coefficient (Wildman–Crippen LogP) is 4.24. The largest absolute Gasteiger partial charge is 0.331 e. The van der Waals surface area contributed by atoms with Gasteiger partial charge in [0.15, 0.2) is 5.82 Å². The molecule has 0 bridgehead atoms. The van der Waals surface area contributed by atoms with Crippen LogP contribution in [0.25, 0.3) is 11.8 Å². The second-order valence-electron chi connectivity index (χ2n) is 7.56. The number of halogens is 1. The van der Waals surface area contributed by atoms with Crippen LogP contribution in [0, 0.1) is 19.7 Å². The molecule has 7 nitrogen and oxygen atoms in total. The minimum Gasteiger partial charge on any atom is -0.331 e. The van der Waals surface area contributed by atoms with Gasteiger partial charge in [-0.15, -0.1) is 0 Å². The molecule has 2 aromatic carbocycles. The van der Waals surface area contributed by atoms with Gasteiger partial charge < -0.3 is 9.88 Å². The molecule has 0 aliphatic rings. The second kappa shape index (κ2) is 9.04. The van der Waals surface area contributed by atoms with Crippen LogP contribution in [0.5, 0.6) is 0 Å². The van der Waals surface area contributed by atoms with Crippen LogP contribution in [0.15, 0.2) is 67.0 Å².